The van der Waals surface area contributed by atoms with Gasteiger partial charge in [0.25, 0.3) is 5.91 Å². The first-order valence-corrected chi connectivity index (χ1v) is 5.49. The van der Waals surface area contributed by atoms with Crippen molar-refractivity contribution in [2.45, 2.75) is 31.7 Å². The van der Waals surface area contributed by atoms with E-state index in [1.165, 1.54) is 24.3 Å². The van der Waals surface area contributed by atoms with Gasteiger partial charge in [-0.25, -0.2) is 4.39 Å². The maximum Gasteiger partial charge on any atom is 0.251 e. The zero-order valence-electron chi connectivity index (χ0n) is 9.55. The first-order valence-electron chi connectivity index (χ1n) is 5.05. The summed E-state index contributed by atoms with van der Waals surface area (Å²) in [6.45, 7) is 5.49. The number of benzene rings is 1. The standard InChI is InChI=1S/C12H15ClFNO/c1-8(13)12(2,3)15-11(16)9-4-6-10(14)7-5-9/h4-8H,1-3H3,(H,15,16). The van der Waals surface area contributed by atoms with Gasteiger partial charge >= 0.3 is 0 Å². The molecule has 0 spiro atoms. The second-order valence-electron chi connectivity index (χ2n) is 4.30. The Morgan fingerprint density at radius 3 is 2.31 bits per heavy atom. The summed E-state index contributed by atoms with van der Waals surface area (Å²) in [5.74, 6) is -0.612. The third-order valence-electron chi connectivity index (χ3n) is 2.54. The third kappa shape index (κ3) is 3.20. The molecule has 0 saturated heterocycles. The molecule has 1 N–H and O–H groups in total. The molecule has 1 unspecified atom stereocenters. The van der Waals surface area contributed by atoms with Crippen molar-refractivity contribution in [3.8, 4) is 0 Å². The number of nitrogens with one attached hydrogen (secondary N) is 1. The Hall–Kier alpha value is -1.09. The van der Waals surface area contributed by atoms with Gasteiger partial charge in [-0.3, -0.25) is 4.79 Å². The van der Waals surface area contributed by atoms with Crippen molar-refractivity contribution < 1.29 is 9.18 Å². The molecule has 88 valence electrons. The Morgan fingerprint density at radius 1 is 1.38 bits per heavy atom. The van der Waals surface area contributed by atoms with Crippen molar-refractivity contribution in [1.29, 1.82) is 0 Å². The Bertz CT molecular complexity index is 373. The van der Waals surface area contributed by atoms with Crippen LogP contribution in [0.2, 0.25) is 0 Å². The van der Waals surface area contributed by atoms with Crippen LogP contribution in [0.4, 0.5) is 4.39 Å². The molecule has 0 radical (unpaired) electrons. The van der Waals surface area contributed by atoms with E-state index in [1.807, 2.05) is 20.8 Å². The topological polar surface area (TPSA) is 29.1 Å². The van der Waals surface area contributed by atoms with Crippen molar-refractivity contribution in [3.63, 3.8) is 0 Å². The number of rotatable bonds is 3. The van der Waals surface area contributed by atoms with Gasteiger partial charge in [-0.2, -0.15) is 0 Å². The van der Waals surface area contributed by atoms with Crippen LogP contribution in [0.25, 0.3) is 0 Å². The van der Waals surface area contributed by atoms with E-state index in [2.05, 4.69) is 5.32 Å². The molecular formula is C12H15ClFNO. The Morgan fingerprint density at radius 2 is 1.88 bits per heavy atom. The molecule has 16 heavy (non-hydrogen) atoms. The summed E-state index contributed by atoms with van der Waals surface area (Å²) in [6.07, 6.45) is 0. The average Bonchev–Trinajstić information content (AvgIpc) is 2.17. The largest absolute Gasteiger partial charge is 0.346 e. The van der Waals surface area contributed by atoms with Crippen LogP contribution in [0.1, 0.15) is 31.1 Å². The van der Waals surface area contributed by atoms with Crippen LogP contribution in [0.3, 0.4) is 0 Å². The van der Waals surface area contributed by atoms with Gasteiger partial charge in [0, 0.05) is 5.56 Å². The molecule has 0 aliphatic carbocycles. The maximum atomic E-state index is 12.7. The highest BCUT2D eigenvalue weighted by Crippen LogP contribution is 2.15. The van der Waals surface area contributed by atoms with Crippen LogP contribution >= 0.6 is 11.6 Å². The van der Waals surface area contributed by atoms with Crippen molar-refractivity contribution in [1.82, 2.24) is 5.32 Å². The highest BCUT2D eigenvalue weighted by Gasteiger charge is 2.26. The van der Waals surface area contributed by atoms with E-state index < -0.39 is 5.54 Å². The average molecular weight is 244 g/mol. The fraction of sp³-hybridized carbons (Fsp3) is 0.417. The maximum absolute atomic E-state index is 12.7. The molecule has 0 bridgehead atoms. The summed E-state index contributed by atoms with van der Waals surface area (Å²) < 4.78 is 12.7. The lowest BCUT2D eigenvalue weighted by Gasteiger charge is -2.28. The summed E-state index contributed by atoms with van der Waals surface area (Å²) in [6, 6.07) is 5.40. The lowest BCUT2D eigenvalue weighted by molar-refractivity contribution is 0.0912. The van der Waals surface area contributed by atoms with Crippen molar-refractivity contribution in [2.75, 3.05) is 0 Å². The van der Waals surface area contributed by atoms with Crippen molar-refractivity contribution in [2.24, 2.45) is 0 Å². The lowest BCUT2D eigenvalue weighted by atomic mass is 10.0. The minimum atomic E-state index is -0.507. The van der Waals surface area contributed by atoms with E-state index in [9.17, 15) is 9.18 Å². The highest BCUT2D eigenvalue weighted by atomic mass is 35.5. The molecule has 0 aromatic heterocycles. The normalized spacial score (nSPS) is 13.3. The monoisotopic (exact) mass is 243 g/mol. The first kappa shape index (κ1) is 13.0. The predicted molar refractivity (Wildman–Crippen MR) is 63.3 cm³/mol. The van der Waals surface area contributed by atoms with Crippen LogP contribution in [-0.2, 0) is 0 Å². The minimum Gasteiger partial charge on any atom is -0.346 e. The fourth-order valence-electron chi connectivity index (χ4n) is 1.07. The van der Waals surface area contributed by atoms with Crippen LogP contribution in [0.15, 0.2) is 24.3 Å². The number of halogens is 2. The molecule has 0 aliphatic rings. The molecule has 2 nitrogen and oxygen atoms in total. The van der Waals surface area contributed by atoms with Gasteiger partial charge in [-0.1, -0.05) is 0 Å². The van der Waals surface area contributed by atoms with E-state index >= 15 is 0 Å². The Balaban J connectivity index is 2.77. The Labute approximate surface area is 99.8 Å². The van der Waals surface area contributed by atoms with E-state index in [0.717, 1.165) is 0 Å². The van der Waals surface area contributed by atoms with Gasteiger partial charge in [-0.15, -0.1) is 11.6 Å². The van der Waals surface area contributed by atoms with Gasteiger partial charge in [-0.05, 0) is 45.0 Å². The highest BCUT2D eigenvalue weighted by molar-refractivity contribution is 6.21. The van der Waals surface area contributed by atoms with Gasteiger partial charge < -0.3 is 5.32 Å². The van der Waals surface area contributed by atoms with E-state index in [-0.39, 0.29) is 17.1 Å². The zero-order valence-corrected chi connectivity index (χ0v) is 10.3. The molecule has 1 aromatic rings. The molecule has 0 heterocycles. The smallest absolute Gasteiger partial charge is 0.251 e. The second-order valence-corrected chi connectivity index (χ2v) is 4.95. The summed E-state index contributed by atoms with van der Waals surface area (Å²) in [4.78, 5) is 11.8. The molecule has 1 aromatic carbocycles. The summed E-state index contributed by atoms with van der Waals surface area (Å²) in [7, 11) is 0. The van der Waals surface area contributed by atoms with E-state index in [4.69, 9.17) is 11.6 Å². The molecule has 0 saturated carbocycles. The van der Waals surface area contributed by atoms with E-state index in [0.29, 0.717) is 5.56 Å². The SMILES string of the molecule is CC(Cl)C(C)(C)NC(=O)c1ccc(F)cc1. The Kier molecular flexibility index (Phi) is 3.92. The summed E-state index contributed by atoms with van der Waals surface area (Å²) >= 11 is 5.95. The number of carbonyl (C=O) groups is 1. The van der Waals surface area contributed by atoms with Crippen LogP contribution in [-0.4, -0.2) is 16.8 Å². The number of hydrogen-bond acceptors (Lipinski definition) is 1. The predicted octanol–water partition coefficient (Wildman–Crippen LogP) is 2.96. The van der Waals surface area contributed by atoms with Crippen LogP contribution in [0, 0.1) is 5.82 Å². The molecule has 0 fully saturated rings. The van der Waals surface area contributed by atoms with Gasteiger partial charge in [0.2, 0.25) is 0 Å². The van der Waals surface area contributed by atoms with Gasteiger partial charge in [0.05, 0.1) is 10.9 Å². The molecule has 1 amide bonds. The number of alkyl halides is 1. The molecule has 0 aliphatic heterocycles. The second kappa shape index (κ2) is 4.83. The van der Waals surface area contributed by atoms with Crippen molar-refractivity contribution >= 4 is 17.5 Å². The first-order chi connectivity index (χ1) is 7.33. The number of amides is 1. The fourth-order valence-corrected chi connectivity index (χ4v) is 1.12. The molecule has 4 heteroatoms. The minimum absolute atomic E-state index is 0.197. The molecular weight excluding hydrogens is 229 g/mol. The van der Waals surface area contributed by atoms with Crippen molar-refractivity contribution in [3.05, 3.63) is 35.6 Å². The quantitative estimate of drug-likeness (QED) is 0.813. The summed E-state index contributed by atoms with van der Waals surface area (Å²) in [5, 5.41) is 2.60. The third-order valence-corrected chi connectivity index (χ3v) is 3.08. The lowest BCUT2D eigenvalue weighted by Crippen LogP contribution is -2.49. The number of carbonyl (C=O) groups excluding carboxylic acids is 1. The van der Waals surface area contributed by atoms with Crippen LogP contribution in [0.5, 0.6) is 0 Å². The van der Waals surface area contributed by atoms with Crippen LogP contribution < -0.4 is 5.32 Å². The van der Waals surface area contributed by atoms with Gasteiger partial charge in [0.1, 0.15) is 5.82 Å². The van der Waals surface area contributed by atoms with E-state index in [1.54, 1.807) is 0 Å². The number of hydrogen-bond donors (Lipinski definition) is 1. The zero-order chi connectivity index (χ0) is 12.3. The molecule has 1 rings (SSSR count). The van der Waals surface area contributed by atoms with Gasteiger partial charge in [0.15, 0.2) is 0 Å². The summed E-state index contributed by atoms with van der Waals surface area (Å²) in [5.41, 5.74) is -0.0840. The molecule has 1 atom stereocenters.